The summed E-state index contributed by atoms with van der Waals surface area (Å²) in [5, 5.41) is 0. The third-order valence-corrected chi connectivity index (χ3v) is 4.34. The quantitative estimate of drug-likeness (QED) is 0.816. The standard InChI is InChI=1S/C17H16O3S/c1-15-9-11-17(12-10-15)21(18,19)14-6-5-13-20-16-7-3-2-4-8-16/h2-4,7-12H,13-14H2,1H3. The van der Waals surface area contributed by atoms with Crippen molar-refractivity contribution in [1.82, 2.24) is 0 Å². The predicted molar refractivity (Wildman–Crippen MR) is 82.9 cm³/mol. The zero-order valence-electron chi connectivity index (χ0n) is 11.7. The third-order valence-electron chi connectivity index (χ3n) is 2.82. The molecule has 2 aromatic carbocycles. The monoisotopic (exact) mass is 300 g/mol. The number of aryl methyl sites for hydroxylation is 1. The van der Waals surface area contributed by atoms with Crippen LogP contribution in [0.5, 0.6) is 5.75 Å². The Labute approximate surface area is 125 Å². The molecule has 0 aliphatic rings. The average molecular weight is 300 g/mol. The van der Waals surface area contributed by atoms with Crippen molar-refractivity contribution < 1.29 is 13.2 Å². The van der Waals surface area contributed by atoms with Crippen molar-refractivity contribution in [2.24, 2.45) is 0 Å². The number of sulfone groups is 1. The second-order valence-corrected chi connectivity index (χ2v) is 6.52. The van der Waals surface area contributed by atoms with E-state index in [4.69, 9.17) is 4.74 Å². The molecule has 0 aliphatic heterocycles. The fourth-order valence-corrected chi connectivity index (χ4v) is 2.67. The number of hydrogen-bond donors (Lipinski definition) is 0. The van der Waals surface area contributed by atoms with Gasteiger partial charge in [-0.05, 0) is 31.2 Å². The van der Waals surface area contributed by atoms with Crippen LogP contribution in [0.15, 0.2) is 59.5 Å². The molecule has 0 atom stereocenters. The highest BCUT2D eigenvalue weighted by Gasteiger charge is 2.11. The maximum Gasteiger partial charge on any atom is 0.189 e. The van der Waals surface area contributed by atoms with Crippen molar-refractivity contribution in [3.63, 3.8) is 0 Å². The van der Waals surface area contributed by atoms with Gasteiger partial charge in [0.1, 0.15) is 18.1 Å². The molecule has 0 bridgehead atoms. The van der Waals surface area contributed by atoms with E-state index in [9.17, 15) is 8.42 Å². The highest BCUT2D eigenvalue weighted by Crippen LogP contribution is 2.11. The summed E-state index contributed by atoms with van der Waals surface area (Å²) in [7, 11) is -3.35. The molecule has 2 rings (SSSR count). The molecule has 0 saturated carbocycles. The van der Waals surface area contributed by atoms with Crippen LogP contribution in [0.2, 0.25) is 0 Å². The molecule has 0 N–H and O–H groups in total. The van der Waals surface area contributed by atoms with Crippen LogP contribution in [0.25, 0.3) is 0 Å². The molecule has 0 unspecified atom stereocenters. The largest absolute Gasteiger partial charge is 0.481 e. The molecule has 0 saturated heterocycles. The molecular weight excluding hydrogens is 284 g/mol. The minimum Gasteiger partial charge on any atom is -0.481 e. The van der Waals surface area contributed by atoms with Crippen LogP contribution < -0.4 is 4.74 Å². The van der Waals surface area contributed by atoms with Gasteiger partial charge in [0.2, 0.25) is 0 Å². The minimum atomic E-state index is -3.35. The second-order valence-electron chi connectivity index (χ2n) is 4.53. The van der Waals surface area contributed by atoms with Crippen LogP contribution in [-0.4, -0.2) is 20.8 Å². The van der Waals surface area contributed by atoms with Crippen LogP contribution in [0.3, 0.4) is 0 Å². The van der Waals surface area contributed by atoms with E-state index in [0.29, 0.717) is 10.6 Å². The zero-order valence-corrected chi connectivity index (χ0v) is 12.6. The van der Waals surface area contributed by atoms with E-state index >= 15 is 0 Å². The molecule has 3 nitrogen and oxygen atoms in total. The van der Waals surface area contributed by atoms with Crippen molar-refractivity contribution in [2.75, 3.05) is 12.4 Å². The molecule has 0 amide bonds. The summed E-state index contributed by atoms with van der Waals surface area (Å²) < 4.78 is 29.4. The third kappa shape index (κ3) is 4.66. The summed E-state index contributed by atoms with van der Waals surface area (Å²) in [4.78, 5) is 0.298. The Morgan fingerprint density at radius 1 is 0.952 bits per heavy atom. The van der Waals surface area contributed by atoms with Gasteiger partial charge >= 0.3 is 0 Å². The van der Waals surface area contributed by atoms with Gasteiger partial charge < -0.3 is 4.74 Å². The van der Waals surface area contributed by atoms with Gasteiger partial charge in [-0.25, -0.2) is 8.42 Å². The molecule has 108 valence electrons. The van der Waals surface area contributed by atoms with Gasteiger partial charge in [0, 0.05) is 0 Å². The van der Waals surface area contributed by atoms with Crippen LogP contribution in [0, 0.1) is 18.8 Å². The van der Waals surface area contributed by atoms with Crippen LogP contribution in [-0.2, 0) is 9.84 Å². The van der Waals surface area contributed by atoms with Gasteiger partial charge in [-0.3, -0.25) is 0 Å². The summed E-state index contributed by atoms with van der Waals surface area (Å²) in [5.74, 6) is 5.88. The first-order chi connectivity index (χ1) is 10.1. The van der Waals surface area contributed by atoms with Gasteiger partial charge in [0.25, 0.3) is 0 Å². The molecule has 0 aliphatic carbocycles. The average Bonchev–Trinajstić information content (AvgIpc) is 2.48. The van der Waals surface area contributed by atoms with Crippen molar-refractivity contribution in [3.05, 3.63) is 60.2 Å². The molecule has 4 heteroatoms. The number of benzene rings is 2. The van der Waals surface area contributed by atoms with Gasteiger partial charge in [0.15, 0.2) is 9.84 Å². The Bertz CT molecular complexity index is 736. The first-order valence-corrected chi connectivity index (χ1v) is 8.16. The number of para-hydroxylation sites is 1. The van der Waals surface area contributed by atoms with E-state index in [0.717, 1.165) is 5.56 Å². The molecule has 0 spiro atoms. The van der Waals surface area contributed by atoms with Crippen LogP contribution in [0.4, 0.5) is 0 Å². The normalized spacial score (nSPS) is 10.5. The molecule has 0 radical (unpaired) electrons. The van der Waals surface area contributed by atoms with Crippen molar-refractivity contribution in [1.29, 1.82) is 0 Å². The first kappa shape index (κ1) is 15.1. The van der Waals surface area contributed by atoms with Gasteiger partial charge in [-0.2, -0.15) is 0 Å². The van der Waals surface area contributed by atoms with Crippen LogP contribution >= 0.6 is 0 Å². The maximum atomic E-state index is 12.0. The maximum absolute atomic E-state index is 12.0. The lowest BCUT2D eigenvalue weighted by atomic mass is 10.2. The second kappa shape index (κ2) is 6.96. The lowest BCUT2D eigenvalue weighted by Gasteiger charge is -2.01. The Hall–Kier alpha value is -2.25. The summed E-state index contributed by atoms with van der Waals surface area (Å²) in [6.45, 7) is 2.09. The Morgan fingerprint density at radius 3 is 2.29 bits per heavy atom. The van der Waals surface area contributed by atoms with Gasteiger partial charge in [-0.15, -0.1) is 0 Å². The first-order valence-electron chi connectivity index (χ1n) is 6.51. The van der Waals surface area contributed by atoms with Crippen molar-refractivity contribution >= 4 is 9.84 Å². The van der Waals surface area contributed by atoms with E-state index in [1.807, 2.05) is 37.3 Å². The molecule has 0 aromatic heterocycles. The number of ether oxygens (including phenoxy) is 1. The Morgan fingerprint density at radius 2 is 1.62 bits per heavy atom. The number of rotatable bonds is 4. The lowest BCUT2D eigenvalue weighted by molar-refractivity contribution is 0.370. The topological polar surface area (TPSA) is 43.4 Å². The van der Waals surface area contributed by atoms with E-state index < -0.39 is 9.84 Å². The molecule has 0 fully saturated rings. The van der Waals surface area contributed by atoms with E-state index in [2.05, 4.69) is 11.8 Å². The fourth-order valence-electron chi connectivity index (χ4n) is 1.66. The highest BCUT2D eigenvalue weighted by atomic mass is 32.2. The van der Waals surface area contributed by atoms with Crippen LogP contribution in [0.1, 0.15) is 5.56 Å². The minimum absolute atomic E-state index is 0.174. The molecule has 0 heterocycles. The summed E-state index contributed by atoms with van der Waals surface area (Å²) in [5.41, 5.74) is 1.02. The van der Waals surface area contributed by atoms with Crippen molar-refractivity contribution in [2.45, 2.75) is 11.8 Å². The SMILES string of the molecule is Cc1ccc(S(=O)(=O)CC#CCOc2ccccc2)cc1. The van der Waals surface area contributed by atoms with E-state index in [-0.39, 0.29) is 12.4 Å². The van der Waals surface area contributed by atoms with E-state index in [1.54, 1.807) is 24.3 Å². The summed E-state index contributed by atoms with van der Waals surface area (Å²) in [6.07, 6.45) is 0. The smallest absolute Gasteiger partial charge is 0.189 e. The Balaban J connectivity index is 1.90. The van der Waals surface area contributed by atoms with Gasteiger partial charge in [-0.1, -0.05) is 47.7 Å². The summed E-state index contributed by atoms with van der Waals surface area (Å²) in [6, 6.07) is 16.0. The van der Waals surface area contributed by atoms with Crippen molar-refractivity contribution in [3.8, 4) is 17.6 Å². The van der Waals surface area contributed by atoms with E-state index in [1.165, 1.54) is 0 Å². The predicted octanol–water partition coefficient (Wildman–Crippen LogP) is 2.85. The zero-order chi connectivity index (χ0) is 15.1. The molecule has 21 heavy (non-hydrogen) atoms. The molecular formula is C17H16O3S. The molecule has 2 aromatic rings. The Kier molecular flexibility index (Phi) is 5.02. The summed E-state index contributed by atoms with van der Waals surface area (Å²) >= 11 is 0. The lowest BCUT2D eigenvalue weighted by Crippen LogP contribution is -2.05. The van der Waals surface area contributed by atoms with Gasteiger partial charge in [0.05, 0.1) is 4.90 Å². The highest BCUT2D eigenvalue weighted by molar-refractivity contribution is 7.91. The number of hydrogen-bond acceptors (Lipinski definition) is 3. The fraction of sp³-hybridized carbons (Fsp3) is 0.176.